The SMILES string of the molecule is CC(C)CNC(=O)CN1CCC(C(C)O)C1. The fraction of sp³-hybridized carbons (Fsp3) is 0.917. The quantitative estimate of drug-likeness (QED) is 0.719. The van der Waals surface area contributed by atoms with Crippen LogP contribution in [0, 0.1) is 11.8 Å². The lowest BCUT2D eigenvalue weighted by atomic mass is 10.0. The third-order valence-corrected chi connectivity index (χ3v) is 3.07. The van der Waals surface area contributed by atoms with Gasteiger partial charge in [0.25, 0.3) is 0 Å². The fourth-order valence-corrected chi connectivity index (χ4v) is 1.98. The first kappa shape index (κ1) is 13.5. The molecule has 16 heavy (non-hydrogen) atoms. The summed E-state index contributed by atoms with van der Waals surface area (Å²) in [6, 6.07) is 0. The summed E-state index contributed by atoms with van der Waals surface area (Å²) in [5.41, 5.74) is 0. The Morgan fingerprint density at radius 2 is 2.19 bits per heavy atom. The smallest absolute Gasteiger partial charge is 0.234 e. The minimum Gasteiger partial charge on any atom is -0.393 e. The molecule has 94 valence electrons. The molecule has 0 bridgehead atoms. The predicted molar refractivity (Wildman–Crippen MR) is 64.1 cm³/mol. The third kappa shape index (κ3) is 4.49. The molecular formula is C12H24N2O2. The van der Waals surface area contributed by atoms with Gasteiger partial charge in [-0.3, -0.25) is 9.69 Å². The van der Waals surface area contributed by atoms with Crippen molar-refractivity contribution in [2.45, 2.75) is 33.3 Å². The van der Waals surface area contributed by atoms with Crippen molar-refractivity contribution in [3.05, 3.63) is 0 Å². The minimum atomic E-state index is -0.260. The van der Waals surface area contributed by atoms with Crippen molar-refractivity contribution in [3.8, 4) is 0 Å². The number of rotatable bonds is 5. The monoisotopic (exact) mass is 228 g/mol. The second-order valence-corrected chi connectivity index (χ2v) is 5.22. The third-order valence-electron chi connectivity index (χ3n) is 3.07. The van der Waals surface area contributed by atoms with Gasteiger partial charge in [-0.2, -0.15) is 0 Å². The first-order valence-electron chi connectivity index (χ1n) is 6.16. The van der Waals surface area contributed by atoms with E-state index in [1.54, 1.807) is 0 Å². The molecule has 0 aromatic heterocycles. The molecule has 2 unspecified atom stereocenters. The van der Waals surface area contributed by atoms with Crippen molar-refractivity contribution in [3.63, 3.8) is 0 Å². The molecule has 2 atom stereocenters. The van der Waals surface area contributed by atoms with E-state index in [0.717, 1.165) is 26.1 Å². The van der Waals surface area contributed by atoms with Gasteiger partial charge < -0.3 is 10.4 Å². The normalized spacial score (nSPS) is 23.7. The highest BCUT2D eigenvalue weighted by atomic mass is 16.3. The summed E-state index contributed by atoms with van der Waals surface area (Å²) in [5, 5.41) is 12.4. The average molecular weight is 228 g/mol. The van der Waals surface area contributed by atoms with Gasteiger partial charge >= 0.3 is 0 Å². The number of nitrogens with one attached hydrogen (secondary N) is 1. The first-order chi connectivity index (χ1) is 7.49. The van der Waals surface area contributed by atoms with Gasteiger partial charge in [0.2, 0.25) is 5.91 Å². The Balaban J connectivity index is 2.21. The molecule has 1 rings (SSSR count). The van der Waals surface area contributed by atoms with Gasteiger partial charge in [-0.15, -0.1) is 0 Å². The van der Waals surface area contributed by atoms with Gasteiger partial charge in [-0.05, 0) is 31.7 Å². The summed E-state index contributed by atoms with van der Waals surface area (Å²) in [7, 11) is 0. The molecule has 1 aliphatic heterocycles. The van der Waals surface area contributed by atoms with E-state index in [1.165, 1.54) is 0 Å². The van der Waals surface area contributed by atoms with Crippen LogP contribution in [0.1, 0.15) is 27.2 Å². The van der Waals surface area contributed by atoms with Gasteiger partial charge in [0.15, 0.2) is 0 Å². The summed E-state index contributed by atoms with van der Waals surface area (Å²) >= 11 is 0. The molecule has 0 spiro atoms. The van der Waals surface area contributed by atoms with E-state index in [9.17, 15) is 9.90 Å². The number of likely N-dealkylation sites (tertiary alicyclic amines) is 1. The summed E-state index contributed by atoms with van der Waals surface area (Å²) in [4.78, 5) is 13.7. The Kier molecular flexibility index (Phi) is 5.22. The van der Waals surface area contributed by atoms with Gasteiger partial charge in [0.05, 0.1) is 12.6 Å². The Morgan fingerprint density at radius 1 is 1.50 bits per heavy atom. The Bertz CT molecular complexity index is 229. The first-order valence-corrected chi connectivity index (χ1v) is 6.16. The van der Waals surface area contributed by atoms with Crippen molar-refractivity contribution >= 4 is 5.91 Å². The van der Waals surface area contributed by atoms with Gasteiger partial charge in [-0.1, -0.05) is 13.8 Å². The van der Waals surface area contributed by atoms with E-state index in [-0.39, 0.29) is 12.0 Å². The number of aliphatic hydroxyl groups is 1. The number of amides is 1. The standard InChI is InChI=1S/C12H24N2O2/c1-9(2)6-13-12(16)8-14-5-4-11(7-14)10(3)15/h9-11,15H,4-8H2,1-3H3,(H,13,16). The highest BCUT2D eigenvalue weighted by Crippen LogP contribution is 2.18. The number of nitrogens with zero attached hydrogens (tertiary/aromatic N) is 1. The summed E-state index contributed by atoms with van der Waals surface area (Å²) in [6.45, 7) is 8.96. The maximum Gasteiger partial charge on any atom is 0.234 e. The number of aliphatic hydroxyl groups excluding tert-OH is 1. The molecule has 4 nitrogen and oxygen atoms in total. The zero-order valence-electron chi connectivity index (χ0n) is 10.6. The number of carbonyl (C=O) groups excluding carboxylic acids is 1. The lowest BCUT2D eigenvalue weighted by Gasteiger charge is -2.17. The molecule has 1 heterocycles. The van der Waals surface area contributed by atoms with Crippen LogP contribution in [0.2, 0.25) is 0 Å². The molecule has 1 amide bonds. The molecule has 0 aliphatic carbocycles. The van der Waals surface area contributed by atoms with Crippen LogP contribution in [0.4, 0.5) is 0 Å². The van der Waals surface area contributed by atoms with E-state index in [0.29, 0.717) is 18.4 Å². The second kappa shape index (κ2) is 6.21. The van der Waals surface area contributed by atoms with Crippen LogP contribution < -0.4 is 5.32 Å². The van der Waals surface area contributed by atoms with Crippen molar-refractivity contribution in [2.75, 3.05) is 26.2 Å². The van der Waals surface area contributed by atoms with Crippen LogP contribution in [0.25, 0.3) is 0 Å². The highest BCUT2D eigenvalue weighted by Gasteiger charge is 2.26. The molecular weight excluding hydrogens is 204 g/mol. The molecule has 0 aromatic carbocycles. The van der Waals surface area contributed by atoms with Gasteiger partial charge in [-0.25, -0.2) is 0 Å². The largest absolute Gasteiger partial charge is 0.393 e. The van der Waals surface area contributed by atoms with E-state index in [1.807, 2.05) is 6.92 Å². The zero-order valence-corrected chi connectivity index (χ0v) is 10.6. The molecule has 4 heteroatoms. The Hall–Kier alpha value is -0.610. The molecule has 1 aliphatic rings. The number of carbonyl (C=O) groups is 1. The molecule has 2 N–H and O–H groups in total. The van der Waals surface area contributed by atoms with Crippen LogP contribution in [0.3, 0.4) is 0 Å². The van der Waals surface area contributed by atoms with Crippen molar-refractivity contribution in [2.24, 2.45) is 11.8 Å². The van der Waals surface area contributed by atoms with Crippen LogP contribution >= 0.6 is 0 Å². The summed E-state index contributed by atoms with van der Waals surface area (Å²) in [6.07, 6.45) is 0.735. The van der Waals surface area contributed by atoms with Crippen LogP contribution in [-0.2, 0) is 4.79 Å². The average Bonchev–Trinajstić information content (AvgIpc) is 2.63. The van der Waals surface area contributed by atoms with E-state index in [4.69, 9.17) is 0 Å². The van der Waals surface area contributed by atoms with Crippen LogP contribution in [-0.4, -0.2) is 48.2 Å². The van der Waals surface area contributed by atoms with Crippen molar-refractivity contribution in [1.29, 1.82) is 0 Å². The maximum atomic E-state index is 11.6. The summed E-state index contributed by atoms with van der Waals surface area (Å²) < 4.78 is 0. The fourth-order valence-electron chi connectivity index (χ4n) is 1.98. The lowest BCUT2D eigenvalue weighted by molar-refractivity contribution is -0.122. The van der Waals surface area contributed by atoms with Crippen LogP contribution in [0.5, 0.6) is 0 Å². The van der Waals surface area contributed by atoms with E-state index in [2.05, 4.69) is 24.1 Å². The Morgan fingerprint density at radius 3 is 2.69 bits per heavy atom. The van der Waals surface area contributed by atoms with Gasteiger partial charge in [0.1, 0.15) is 0 Å². The highest BCUT2D eigenvalue weighted by molar-refractivity contribution is 5.78. The summed E-state index contributed by atoms with van der Waals surface area (Å²) in [5.74, 6) is 0.922. The van der Waals surface area contributed by atoms with Gasteiger partial charge in [0, 0.05) is 13.1 Å². The maximum absolute atomic E-state index is 11.6. The number of hydrogen-bond acceptors (Lipinski definition) is 3. The van der Waals surface area contributed by atoms with E-state index < -0.39 is 0 Å². The predicted octanol–water partition coefficient (Wildman–Crippen LogP) is 0.461. The number of hydrogen-bond donors (Lipinski definition) is 2. The van der Waals surface area contributed by atoms with E-state index >= 15 is 0 Å². The zero-order chi connectivity index (χ0) is 12.1. The molecule has 0 aromatic rings. The second-order valence-electron chi connectivity index (χ2n) is 5.22. The lowest BCUT2D eigenvalue weighted by Crippen LogP contribution is -2.38. The van der Waals surface area contributed by atoms with Crippen molar-refractivity contribution < 1.29 is 9.90 Å². The molecule has 1 fully saturated rings. The topological polar surface area (TPSA) is 52.6 Å². The molecule has 0 radical (unpaired) electrons. The Labute approximate surface area is 98.0 Å². The molecule has 0 saturated carbocycles. The molecule has 1 saturated heterocycles. The van der Waals surface area contributed by atoms with Crippen LogP contribution in [0.15, 0.2) is 0 Å². The van der Waals surface area contributed by atoms with Crippen molar-refractivity contribution in [1.82, 2.24) is 10.2 Å². The minimum absolute atomic E-state index is 0.0972.